The summed E-state index contributed by atoms with van der Waals surface area (Å²) in [6.45, 7) is 0.0144. The predicted octanol–water partition coefficient (Wildman–Crippen LogP) is -1.03. The van der Waals surface area contributed by atoms with Crippen molar-refractivity contribution < 1.29 is 29.0 Å². The number of amidine groups is 1. The summed E-state index contributed by atoms with van der Waals surface area (Å²) in [5, 5.41) is 12.6. The minimum atomic E-state index is -1.37. The topological polar surface area (TPSA) is 138 Å². The Balaban J connectivity index is 2.69. The number of rotatable bonds is 8. The van der Waals surface area contributed by atoms with Gasteiger partial charge in [-0.15, -0.1) is 0 Å². The number of ether oxygens (including phenoxy) is 2. The van der Waals surface area contributed by atoms with E-state index in [0.29, 0.717) is 6.41 Å². The molecule has 3 N–H and O–H groups in total. The van der Waals surface area contributed by atoms with Gasteiger partial charge in [0.05, 0.1) is 12.3 Å². The molecule has 0 aromatic rings. The number of amides is 1. The van der Waals surface area contributed by atoms with Crippen LogP contribution >= 0.6 is 0 Å². The zero-order valence-electron chi connectivity index (χ0n) is 9.57. The fourth-order valence-electron chi connectivity index (χ4n) is 1.18. The van der Waals surface area contributed by atoms with Gasteiger partial charge in [0.25, 0.3) is 6.47 Å². The fraction of sp³-hybridized carbons (Fsp3) is 0.333. The molecule has 0 bridgehead atoms. The van der Waals surface area contributed by atoms with Gasteiger partial charge in [-0.1, -0.05) is 0 Å². The second kappa shape index (κ2) is 7.38. The quantitative estimate of drug-likeness (QED) is 0.385. The standard InChI is InChI=1S/C9H11N3O6S/c10-19-3-6(12-9(19)11-4-13)7(8(15)16)18-2-1-17-5-14/h3-5,7,10H,1-2H2,(H,15,16)(H,11,12,13). The van der Waals surface area contributed by atoms with Crippen LogP contribution in [0.15, 0.2) is 16.1 Å². The molecule has 104 valence electrons. The van der Waals surface area contributed by atoms with Gasteiger partial charge in [-0.2, -0.15) is 0 Å². The van der Waals surface area contributed by atoms with E-state index < -0.39 is 22.8 Å². The molecule has 0 aromatic carbocycles. The molecule has 0 aliphatic carbocycles. The van der Waals surface area contributed by atoms with E-state index in [-0.39, 0.29) is 30.6 Å². The molecule has 1 aliphatic rings. The Morgan fingerprint density at radius 2 is 2.32 bits per heavy atom. The number of aliphatic carboxylic acids is 1. The van der Waals surface area contributed by atoms with Gasteiger partial charge in [0.2, 0.25) is 6.41 Å². The number of carboxylic acid groups (broad SMARTS) is 1. The number of carboxylic acids is 1. The van der Waals surface area contributed by atoms with Crippen molar-refractivity contribution in [2.75, 3.05) is 13.2 Å². The first kappa shape index (κ1) is 15.0. The van der Waals surface area contributed by atoms with Gasteiger partial charge in [0.15, 0.2) is 11.3 Å². The van der Waals surface area contributed by atoms with E-state index in [1.807, 2.05) is 0 Å². The molecule has 0 aromatic heterocycles. The van der Waals surface area contributed by atoms with E-state index in [2.05, 4.69) is 15.0 Å². The predicted molar refractivity (Wildman–Crippen MR) is 64.2 cm³/mol. The summed E-state index contributed by atoms with van der Waals surface area (Å²) in [6.07, 6.45) is -1.01. The lowest BCUT2D eigenvalue weighted by Gasteiger charge is -2.11. The Bertz CT molecular complexity index is 461. The number of nitrogens with zero attached hydrogens (tertiary/aromatic N) is 1. The first-order valence-corrected chi connectivity index (χ1v) is 6.23. The Hall–Kier alpha value is -2.07. The van der Waals surface area contributed by atoms with E-state index in [9.17, 15) is 14.4 Å². The van der Waals surface area contributed by atoms with Crippen molar-refractivity contribution in [1.82, 2.24) is 5.32 Å². The molecule has 10 heteroatoms. The lowest BCUT2D eigenvalue weighted by molar-refractivity contribution is -0.149. The zero-order valence-corrected chi connectivity index (χ0v) is 10.4. The van der Waals surface area contributed by atoms with Gasteiger partial charge >= 0.3 is 5.97 Å². The molecular formula is C9H11N3O6S. The van der Waals surface area contributed by atoms with Crippen molar-refractivity contribution in [3.63, 3.8) is 0 Å². The van der Waals surface area contributed by atoms with Crippen LogP contribution in [0.25, 0.3) is 0 Å². The van der Waals surface area contributed by atoms with Crippen molar-refractivity contribution in [3.8, 4) is 0 Å². The summed E-state index contributed by atoms with van der Waals surface area (Å²) in [5.41, 5.74) is 0.0290. The minimum absolute atomic E-state index is 0.0290. The highest BCUT2D eigenvalue weighted by Crippen LogP contribution is 2.17. The normalized spacial score (nSPS) is 19.1. The SMILES string of the molecule is N=S1C=C(C(OCCOC=O)C(=O)O)N=C1NC=O. The molecule has 1 aliphatic heterocycles. The highest BCUT2D eigenvalue weighted by Gasteiger charge is 2.27. The van der Waals surface area contributed by atoms with Gasteiger partial charge in [-0.25, -0.2) is 9.79 Å². The first-order valence-electron chi connectivity index (χ1n) is 4.94. The average Bonchev–Trinajstić information content (AvgIpc) is 2.70. The van der Waals surface area contributed by atoms with E-state index in [4.69, 9.17) is 14.6 Å². The average molecular weight is 289 g/mol. The van der Waals surface area contributed by atoms with Crippen LogP contribution in [0, 0.1) is 4.78 Å². The van der Waals surface area contributed by atoms with Crippen LogP contribution in [-0.2, 0) is 34.5 Å². The van der Waals surface area contributed by atoms with Crippen LogP contribution in [0.5, 0.6) is 0 Å². The van der Waals surface area contributed by atoms with Crippen LogP contribution in [0.3, 0.4) is 0 Å². The summed E-state index contributed by atoms with van der Waals surface area (Å²) in [7, 11) is -1.22. The van der Waals surface area contributed by atoms with Crippen molar-refractivity contribution in [3.05, 3.63) is 11.1 Å². The maximum atomic E-state index is 11.0. The second-order valence-electron chi connectivity index (χ2n) is 3.12. The van der Waals surface area contributed by atoms with E-state index in [1.165, 1.54) is 5.41 Å². The number of carbonyl (C=O) groups excluding carboxylic acids is 2. The van der Waals surface area contributed by atoms with Crippen LogP contribution in [-0.4, -0.2) is 48.4 Å². The van der Waals surface area contributed by atoms with E-state index >= 15 is 0 Å². The Labute approximate surface area is 110 Å². The van der Waals surface area contributed by atoms with Gasteiger partial charge in [0, 0.05) is 5.41 Å². The van der Waals surface area contributed by atoms with Gasteiger partial charge in [-0.3, -0.25) is 14.4 Å². The third-order valence-electron chi connectivity index (χ3n) is 1.91. The van der Waals surface area contributed by atoms with Crippen LogP contribution in [0.4, 0.5) is 0 Å². The molecule has 2 unspecified atom stereocenters. The monoisotopic (exact) mass is 289 g/mol. The number of hydrogen-bond acceptors (Lipinski definition) is 7. The summed E-state index contributed by atoms with van der Waals surface area (Å²) in [5.74, 6) is -1.29. The van der Waals surface area contributed by atoms with Crippen LogP contribution in [0.2, 0.25) is 0 Å². The molecule has 19 heavy (non-hydrogen) atoms. The summed E-state index contributed by atoms with van der Waals surface area (Å²) in [4.78, 5) is 35.0. The lowest BCUT2D eigenvalue weighted by Crippen LogP contribution is -2.27. The largest absolute Gasteiger partial charge is 0.479 e. The number of nitrogens with one attached hydrogen (secondary N) is 2. The van der Waals surface area contributed by atoms with Crippen molar-refractivity contribution in [1.29, 1.82) is 4.78 Å². The highest BCUT2D eigenvalue weighted by molar-refractivity contribution is 8.04. The molecule has 0 saturated heterocycles. The van der Waals surface area contributed by atoms with Gasteiger partial charge in [0.1, 0.15) is 6.61 Å². The molecule has 0 radical (unpaired) electrons. The Kier molecular flexibility index (Phi) is 5.82. The van der Waals surface area contributed by atoms with E-state index in [0.717, 1.165) is 0 Å². The number of carbonyl (C=O) groups is 3. The maximum absolute atomic E-state index is 11.0. The first-order chi connectivity index (χ1) is 9.10. The van der Waals surface area contributed by atoms with Crippen LogP contribution in [0.1, 0.15) is 0 Å². The molecular weight excluding hydrogens is 278 g/mol. The third-order valence-corrected chi connectivity index (χ3v) is 3.01. The number of aliphatic imine (C=N–C) groups is 1. The lowest BCUT2D eigenvalue weighted by atomic mass is 10.3. The minimum Gasteiger partial charge on any atom is -0.479 e. The molecule has 0 fully saturated rings. The summed E-state index contributed by atoms with van der Waals surface area (Å²) >= 11 is 0. The molecule has 1 heterocycles. The molecule has 1 rings (SSSR count). The van der Waals surface area contributed by atoms with Gasteiger partial charge in [-0.05, 0) is 10.7 Å². The summed E-state index contributed by atoms with van der Waals surface area (Å²) < 4.78 is 16.9. The van der Waals surface area contributed by atoms with Crippen molar-refractivity contribution >= 4 is 34.7 Å². The molecule has 1 amide bonds. The third kappa shape index (κ3) is 4.26. The Morgan fingerprint density at radius 1 is 1.58 bits per heavy atom. The fourth-order valence-corrected chi connectivity index (χ4v) is 2.09. The van der Waals surface area contributed by atoms with Crippen molar-refractivity contribution in [2.45, 2.75) is 6.10 Å². The molecule has 0 spiro atoms. The maximum Gasteiger partial charge on any atom is 0.339 e. The van der Waals surface area contributed by atoms with E-state index in [1.54, 1.807) is 0 Å². The molecule has 0 saturated carbocycles. The summed E-state index contributed by atoms with van der Waals surface area (Å²) in [6, 6.07) is 0. The van der Waals surface area contributed by atoms with Crippen molar-refractivity contribution in [2.24, 2.45) is 4.99 Å². The molecule has 9 nitrogen and oxygen atoms in total. The number of hydrogen-bond donors (Lipinski definition) is 3. The Morgan fingerprint density at radius 3 is 2.89 bits per heavy atom. The van der Waals surface area contributed by atoms with Gasteiger partial charge < -0.3 is 19.9 Å². The highest BCUT2D eigenvalue weighted by atomic mass is 32.2. The zero-order chi connectivity index (χ0) is 14.3. The second-order valence-corrected chi connectivity index (χ2v) is 4.41. The van der Waals surface area contributed by atoms with Crippen LogP contribution < -0.4 is 5.32 Å². The smallest absolute Gasteiger partial charge is 0.339 e. The molecule has 2 atom stereocenters.